The lowest BCUT2D eigenvalue weighted by Crippen LogP contribution is -2.34. The molecule has 5 N–H and O–H groups in total. The normalized spacial score (nSPS) is 17.7. The van der Waals surface area contributed by atoms with E-state index in [0.717, 1.165) is 56.0 Å². The summed E-state index contributed by atoms with van der Waals surface area (Å²) in [5.41, 5.74) is 8.10. The zero-order chi connectivity index (χ0) is 28.0. The molecule has 1 saturated carbocycles. The van der Waals surface area contributed by atoms with E-state index >= 15 is 4.39 Å². The number of halogens is 4. The Balaban J connectivity index is 1.22. The SMILES string of the molecule is Nc1ncnn2c(C3CCN(C4CC4)CC3)cc(-c3ccc(NC(O)Nc4cc(C(F)(F)F)ccn4)c(F)c3)c12. The maximum Gasteiger partial charge on any atom is 0.416 e. The molecule has 1 aliphatic carbocycles. The van der Waals surface area contributed by atoms with E-state index in [2.05, 4.69) is 30.6 Å². The molecule has 2 fully saturated rings. The minimum Gasteiger partial charge on any atom is -0.382 e. The van der Waals surface area contributed by atoms with Crippen LogP contribution in [0.4, 0.5) is 34.9 Å². The molecule has 9 nitrogen and oxygen atoms in total. The van der Waals surface area contributed by atoms with Gasteiger partial charge in [-0.05, 0) is 74.7 Å². The van der Waals surface area contributed by atoms with Crippen LogP contribution in [0.3, 0.4) is 0 Å². The number of aliphatic hydroxyl groups excluding tert-OH is 1. The molecule has 4 heterocycles. The molecule has 3 aromatic heterocycles. The van der Waals surface area contributed by atoms with Crippen LogP contribution in [0.1, 0.15) is 42.9 Å². The summed E-state index contributed by atoms with van der Waals surface area (Å²) in [4.78, 5) is 10.5. The number of fused-ring (bicyclic) bond motifs is 1. The molecule has 0 radical (unpaired) electrons. The van der Waals surface area contributed by atoms with E-state index in [9.17, 15) is 18.3 Å². The molecule has 1 atom stereocenters. The Bertz CT molecular complexity index is 1530. The van der Waals surface area contributed by atoms with E-state index in [1.807, 2.05) is 6.07 Å². The summed E-state index contributed by atoms with van der Waals surface area (Å²) < 4.78 is 55.9. The first-order valence-electron chi connectivity index (χ1n) is 13.1. The van der Waals surface area contributed by atoms with E-state index in [-0.39, 0.29) is 23.2 Å². The molecule has 0 amide bonds. The molecule has 1 aliphatic heterocycles. The molecule has 1 unspecified atom stereocenters. The zero-order valence-electron chi connectivity index (χ0n) is 21.4. The third kappa shape index (κ3) is 5.26. The monoisotopic (exact) mass is 556 g/mol. The van der Waals surface area contributed by atoms with E-state index in [1.54, 1.807) is 10.6 Å². The number of nitrogens with zero attached hydrogens (tertiary/aromatic N) is 5. The molecule has 40 heavy (non-hydrogen) atoms. The van der Waals surface area contributed by atoms with Crippen LogP contribution in [0, 0.1) is 5.82 Å². The number of rotatable bonds is 7. The molecular weight excluding hydrogens is 528 g/mol. The highest BCUT2D eigenvalue weighted by atomic mass is 19.4. The van der Waals surface area contributed by atoms with Gasteiger partial charge < -0.3 is 26.4 Å². The fraction of sp³-hybridized carbons (Fsp3) is 0.370. The second kappa shape index (κ2) is 10.2. The van der Waals surface area contributed by atoms with Crippen molar-refractivity contribution in [3.63, 3.8) is 0 Å². The van der Waals surface area contributed by atoms with Gasteiger partial charge in [0.15, 0.2) is 5.82 Å². The summed E-state index contributed by atoms with van der Waals surface area (Å²) in [5.74, 6) is -0.341. The number of piperidine rings is 1. The van der Waals surface area contributed by atoms with Gasteiger partial charge in [-0.15, -0.1) is 0 Å². The van der Waals surface area contributed by atoms with Gasteiger partial charge in [-0.1, -0.05) is 6.07 Å². The van der Waals surface area contributed by atoms with Crippen LogP contribution in [0.25, 0.3) is 16.6 Å². The summed E-state index contributed by atoms with van der Waals surface area (Å²) in [6.07, 6.45) is 0.751. The average Bonchev–Trinajstić information content (AvgIpc) is 3.70. The molecule has 210 valence electrons. The smallest absolute Gasteiger partial charge is 0.382 e. The van der Waals surface area contributed by atoms with Crippen molar-refractivity contribution in [2.24, 2.45) is 0 Å². The standard InChI is InChI=1S/C27H28F4N8O/c28-20-11-16(1-4-21(20)36-26(40)37-23-12-17(5-8-33-23)27(29,30)31)19-13-22(39-24(19)25(32)34-14-35-39)15-6-9-38(10-7-15)18-2-3-18/h1,4-5,8,11-15,18,26,36,40H,2-3,6-7,9-10H2,(H,33,37)(H2,32,34,35). The van der Waals surface area contributed by atoms with Crippen molar-refractivity contribution >= 4 is 22.8 Å². The summed E-state index contributed by atoms with van der Waals surface area (Å²) in [6, 6.07) is 8.70. The van der Waals surface area contributed by atoms with Crippen LogP contribution >= 0.6 is 0 Å². The molecule has 0 bridgehead atoms. The van der Waals surface area contributed by atoms with E-state index in [1.165, 1.54) is 31.3 Å². The van der Waals surface area contributed by atoms with Gasteiger partial charge in [-0.3, -0.25) is 0 Å². The number of nitrogens with one attached hydrogen (secondary N) is 2. The highest BCUT2D eigenvalue weighted by molar-refractivity contribution is 5.88. The Morgan fingerprint density at radius 2 is 1.77 bits per heavy atom. The van der Waals surface area contributed by atoms with Crippen LogP contribution in [-0.4, -0.2) is 55.1 Å². The number of nitrogens with two attached hydrogens (primary N) is 1. The third-order valence-electron chi connectivity index (χ3n) is 7.57. The predicted octanol–water partition coefficient (Wildman–Crippen LogP) is 4.67. The first kappa shape index (κ1) is 26.3. The quantitative estimate of drug-likeness (QED) is 0.192. The molecule has 0 spiro atoms. The van der Waals surface area contributed by atoms with Gasteiger partial charge in [0.1, 0.15) is 23.5 Å². The van der Waals surface area contributed by atoms with Gasteiger partial charge in [0.25, 0.3) is 0 Å². The number of pyridine rings is 1. The Kier molecular flexibility index (Phi) is 6.70. The van der Waals surface area contributed by atoms with Crippen LogP contribution < -0.4 is 16.4 Å². The van der Waals surface area contributed by atoms with E-state index < -0.39 is 23.9 Å². The topological polar surface area (TPSA) is 117 Å². The van der Waals surface area contributed by atoms with Crippen LogP contribution in [0.5, 0.6) is 0 Å². The Morgan fingerprint density at radius 1 is 1.00 bits per heavy atom. The lowest BCUT2D eigenvalue weighted by molar-refractivity contribution is -0.137. The molecular formula is C27H28F4N8O. The second-order valence-electron chi connectivity index (χ2n) is 10.2. The van der Waals surface area contributed by atoms with Crippen molar-refractivity contribution in [3.05, 3.63) is 66.0 Å². The number of anilines is 3. The highest BCUT2D eigenvalue weighted by Crippen LogP contribution is 2.39. The molecule has 6 rings (SSSR count). The minimum absolute atomic E-state index is 0.0591. The predicted molar refractivity (Wildman–Crippen MR) is 142 cm³/mol. The fourth-order valence-corrected chi connectivity index (χ4v) is 5.41. The number of aromatic nitrogens is 4. The first-order chi connectivity index (χ1) is 19.2. The lowest BCUT2D eigenvalue weighted by Gasteiger charge is -2.31. The molecule has 13 heteroatoms. The van der Waals surface area contributed by atoms with Crippen molar-refractivity contribution in [1.29, 1.82) is 0 Å². The van der Waals surface area contributed by atoms with Crippen molar-refractivity contribution in [3.8, 4) is 11.1 Å². The van der Waals surface area contributed by atoms with Gasteiger partial charge in [-0.25, -0.2) is 18.9 Å². The number of alkyl halides is 3. The number of nitrogen functional groups attached to an aromatic ring is 1. The van der Waals surface area contributed by atoms with Gasteiger partial charge >= 0.3 is 6.18 Å². The largest absolute Gasteiger partial charge is 0.416 e. The van der Waals surface area contributed by atoms with Crippen LogP contribution in [0.15, 0.2) is 48.9 Å². The van der Waals surface area contributed by atoms with Crippen LogP contribution in [0.2, 0.25) is 0 Å². The molecule has 1 saturated heterocycles. The third-order valence-corrected chi connectivity index (χ3v) is 7.57. The first-order valence-corrected chi connectivity index (χ1v) is 13.1. The summed E-state index contributed by atoms with van der Waals surface area (Å²) in [5, 5.41) is 19.6. The molecule has 1 aromatic carbocycles. The van der Waals surface area contributed by atoms with Gasteiger partial charge in [0, 0.05) is 29.4 Å². The lowest BCUT2D eigenvalue weighted by atomic mass is 9.93. The van der Waals surface area contributed by atoms with Crippen molar-refractivity contribution in [2.75, 3.05) is 29.5 Å². The van der Waals surface area contributed by atoms with E-state index in [4.69, 9.17) is 5.73 Å². The Morgan fingerprint density at radius 3 is 2.48 bits per heavy atom. The molecule has 4 aromatic rings. The highest BCUT2D eigenvalue weighted by Gasteiger charge is 2.34. The van der Waals surface area contributed by atoms with Crippen molar-refractivity contribution in [2.45, 2.75) is 50.2 Å². The van der Waals surface area contributed by atoms with Crippen molar-refractivity contribution < 1.29 is 22.7 Å². The summed E-state index contributed by atoms with van der Waals surface area (Å²) in [7, 11) is 0. The maximum atomic E-state index is 15.2. The summed E-state index contributed by atoms with van der Waals surface area (Å²) in [6.45, 7) is 2.06. The Labute approximate surface area is 227 Å². The second-order valence-corrected chi connectivity index (χ2v) is 10.2. The minimum atomic E-state index is -4.56. The van der Waals surface area contributed by atoms with Crippen molar-refractivity contribution in [1.82, 2.24) is 24.5 Å². The van der Waals surface area contributed by atoms with Gasteiger partial charge in [-0.2, -0.15) is 18.3 Å². The fourth-order valence-electron chi connectivity index (χ4n) is 5.41. The maximum absolute atomic E-state index is 15.2. The number of likely N-dealkylation sites (tertiary alicyclic amines) is 1. The summed E-state index contributed by atoms with van der Waals surface area (Å²) >= 11 is 0. The van der Waals surface area contributed by atoms with Gasteiger partial charge in [0.05, 0.1) is 11.3 Å². The average molecular weight is 557 g/mol. The number of hydrogen-bond donors (Lipinski definition) is 4. The van der Waals surface area contributed by atoms with Crippen LogP contribution in [-0.2, 0) is 6.18 Å². The Hall–Kier alpha value is -3.97. The number of aliphatic hydroxyl groups is 1. The molecule has 2 aliphatic rings. The zero-order valence-corrected chi connectivity index (χ0v) is 21.4. The number of benzene rings is 1. The number of hydrogen-bond acceptors (Lipinski definition) is 8. The van der Waals surface area contributed by atoms with Gasteiger partial charge in [0.2, 0.25) is 6.35 Å². The van der Waals surface area contributed by atoms with E-state index in [0.29, 0.717) is 16.6 Å².